The van der Waals surface area contributed by atoms with Crippen LogP contribution in [0.15, 0.2) is 58.6 Å². The molecule has 4 nitrogen and oxygen atoms in total. The fourth-order valence-electron chi connectivity index (χ4n) is 3.46. The van der Waals surface area contributed by atoms with Crippen LogP contribution in [0.5, 0.6) is 0 Å². The summed E-state index contributed by atoms with van der Waals surface area (Å²) in [6.07, 6.45) is 1.76. The van der Waals surface area contributed by atoms with Crippen LogP contribution < -0.4 is 0 Å². The van der Waals surface area contributed by atoms with E-state index in [9.17, 15) is 0 Å². The number of aromatic nitrogens is 2. The summed E-state index contributed by atoms with van der Waals surface area (Å²) in [4.78, 5) is 13.8. The van der Waals surface area contributed by atoms with Crippen molar-refractivity contribution in [3.63, 3.8) is 0 Å². The van der Waals surface area contributed by atoms with Crippen molar-refractivity contribution in [3.8, 4) is 0 Å². The molecule has 30 heavy (non-hydrogen) atoms. The van der Waals surface area contributed by atoms with Gasteiger partial charge in [0.2, 0.25) is 0 Å². The molecule has 0 aliphatic carbocycles. The van der Waals surface area contributed by atoms with Crippen LogP contribution in [0.1, 0.15) is 41.9 Å². The van der Waals surface area contributed by atoms with E-state index in [0.717, 1.165) is 28.5 Å². The van der Waals surface area contributed by atoms with E-state index in [0.29, 0.717) is 5.82 Å². The van der Waals surface area contributed by atoms with Crippen LogP contribution in [0.25, 0.3) is 0 Å². The molecule has 0 amide bonds. The Bertz CT molecular complexity index is 1030. The summed E-state index contributed by atoms with van der Waals surface area (Å²) in [7, 11) is 11.6. The maximum absolute atomic E-state index is 4.93. The molecule has 0 unspecified atom stereocenters. The van der Waals surface area contributed by atoms with Gasteiger partial charge in [-0.15, -0.1) is 0 Å². The molecule has 7 heteroatoms. The SMILES string of the molecule is CC(=Nc1c(C)cc(C)cc1C)c1ccc(/C(C)=N/c2ccccn2)n1C.[Cl][Fe][Cl]. The third-order valence-corrected chi connectivity index (χ3v) is 4.71. The Morgan fingerprint density at radius 2 is 1.43 bits per heavy atom. The van der Waals surface area contributed by atoms with Crippen LogP contribution in [0, 0.1) is 20.8 Å². The first-order chi connectivity index (χ1) is 14.3. The first-order valence-electron chi connectivity index (χ1n) is 9.39. The standard InChI is InChI=1S/C23H26N4.2ClH.Fe/c1-15-13-16(2)23(17(3)14-15)26-19(5)21-11-10-20(27(21)6)18(4)25-22-9-7-8-12-24-22;;;/h7-14H,1-6H3;2*1H;/q;;;+2/p-2/b25-18+,26-19?;;;. The van der Waals surface area contributed by atoms with E-state index in [1.54, 1.807) is 6.20 Å². The van der Waals surface area contributed by atoms with Gasteiger partial charge in [0.05, 0.1) is 28.5 Å². The predicted molar refractivity (Wildman–Crippen MR) is 126 cm³/mol. The number of rotatable bonds is 4. The molecule has 0 bridgehead atoms. The van der Waals surface area contributed by atoms with Crippen LogP contribution >= 0.6 is 20.2 Å². The summed E-state index contributed by atoms with van der Waals surface area (Å²) in [6, 6.07) is 14.3. The zero-order chi connectivity index (χ0) is 22.3. The van der Waals surface area contributed by atoms with Gasteiger partial charge in [0.25, 0.3) is 0 Å². The summed E-state index contributed by atoms with van der Waals surface area (Å²) < 4.78 is 2.14. The van der Waals surface area contributed by atoms with E-state index < -0.39 is 0 Å². The molecule has 160 valence electrons. The van der Waals surface area contributed by atoms with Crippen LogP contribution in [0.3, 0.4) is 0 Å². The summed E-state index contributed by atoms with van der Waals surface area (Å²) >= 11 is 0.194. The van der Waals surface area contributed by atoms with Crippen molar-refractivity contribution >= 4 is 43.1 Å². The Morgan fingerprint density at radius 3 is 1.93 bits per heavy atom. The minimum atomic E-state index is 0.194. The summed E-state index contributed by atoms with van der Waals surface area (Å²) in [5.74, 6) is 0.717. The molecule has 0 fully saturated rings. The zero-order valence-corrected chi connectivity index (χ0v) is 20.6. The van der Waals surface area contributed by atoms with E-state index in [4.69, 9.17) is 25.2 Å². The number of halogens is 2. The molecule has 0 saturated carbocycles. The predicted octanol–water partition coefficient (Wildman–Crippen LogP) is 7.00. The average molecular weight is 485 g/mol. The number of aliphatic imine (C=N–C) groups is 2. The first kappa shape index (κ1) is 24.4. The Labute approximate surface area is 193 Å². The summed E-state index contributed by atoms with van der Waals surface area (Å²) in [6.45, 7) is 10.4. The van der Waals surface area contributed by atoms with Gasteiger partial charge < -0.3 is 4.57 Å². The Kier molecular flexibility index (Phi) is 9.32. The van der Waals surface area contributed by atoms with Gasteiger partial charge in [-0.3, -0.25) is 4.99 Å². The fourth-order valence-corrected chi connectivity index (χ4v) is 3.46. The summed E-state index contributed by atoms with van der Waals surface area (Å²) in [5, 5.41) is 0. The molecule has 0 aliphatic heterocycles. The van der Waals surface area contributed by atoms with Gasteiger partial charge >= 0.3 is 33.3 Å². The molecule has 3 aromatic rings. The maximum atomic E-state index is 4.93. The molecule has 2 aromatic heterocycles. The van der Waals surface area contributed by atoms with Crippen molar-refractivity contribution in [1.29, 1.82) is 0 Å². The second kappa shape index (κ2) is 11.5. The fraction of sp³-hybridized carbons (Fsp3) is 0.261. The van der Waals surface area contributed by atoms with Crippen molar-refractivity contribution in [2.45, 2.75) is 34.6 Å². The number of benzene rings is 1. The van der Waals surface area contributed by atoms with Crippen LogP contribution in [-0.2, 0) is 20.2 Å². The van der Waals surface area contributed by atoms with Crippen molar-refractivity contribution in [2.75, 3.05) is 0 Å². The van der Waals surface area contributed by atoms with Crippen molar-refractivity contribution in [2.24, 2.45) is 17.0 Å². The average Bonchev–Trinajstić information content (AvgIpc) is 3.07. The molecule has 0 radical (unpaired) electrons. The number of pyridine rings is 1. The monoisotopic (exact) mass is 484 g/mol. The third-order valence-electron chi connectivity index (χ3n) is 4.71. The van der Waals surface area contributed by atoms with E-state index in [-0.39, 0.29) is 13.1 Å². The van der Waals surface area contributed by atoms with Gasteiger partial charge in [-0.2, -0.15) is 0 Å². The number of hydrogen-bond acceptors (Lipinski definition) is 3. The topological polar surface area (TPSA) is 42.5 Å². The first-order valence-corrected chi connectivity index (χ1v) is 12.4. The molecule has 0 spiro atoms. The molecule has 1 aromatic carbocycles. The van der Waals surface area contributed by atoms with E-state index in [2.05, 4.69) is 73.6 Å². The van der Waals surface area contributed by atoms with Crippen molar-refractivity contribution in [1.82, 2.24) is 9.55 Å². The molecular formula is C23H26Cl2FeN4. The second-order valence-electron chi connectivity index (χ2n) is 7.04. The quantitative estimate of drug-likeness (QED) is 0.290. The molecule has 0 atom stereocenters. The molecular weight excluding hydrogens is 459 g/mol. The van der Waals surface area contributed by atoms with Gasteiger partial charge in [-0.25, -0.2) is 9.98 Å². The molecule has 0 aliphatic rings. The molecule has 2 heterocycles. The van der Waals surface area contributed by atoms with Gasteiger partial charge in [-0.05, 0) is 70.0 Å². The van der Waals surface area contributed by atoms with Crippen LogP contribution in [-0.4, -0.2) is 21.0 Å². The molecule has 0 saturated heterocycles. The van der Waals surface area contributed by atoms with Gasteiger partial charge in [-0.1, -0.05) is 23.8 Å². The van der Waals surface area contributed by atoms with Gasteiger partial charge in [0.15, 0.2) is 5.82 Å². The van der Waals surface area contributed by atoms with Gasteiger partial charge in [0.1, 0.15) is 0 Å². The number of hydrogen-bond donors (Lipinski definition) is 0. The van der Waals surface area contributed by atoms with Crippen molar-refractivity contribution in [3.05, 3.63) is 76.7 Å². The zero-order valence-electron chi connectivity index (χ0n) is 18.0. The number of nitrogens with zero attached hydrogens (tertiary/aromatic N) is 4. The normalized spacial score (nSPS) is 12.0. The van der Waals surface area contributed by atoms with Crippen LogP contribution in [0.4, 0.5) is 11.5 Å². The third kappa shape index (κ3) is 6.29. The van der Waals surface area contributed by atoms with E-state index >= 15 is 0 Å². The second-order valence-corrected chi connectivity index (χ2v) is 8.87. The molecule has 3 rings (SSSR count). The van der Waals surface area contributed by atoms with Crippen molar-refractivity contribution < 1.29 is 13.1 Å². The Morgan fingerprint density at radius 1 is 0.900 bits per heavy atom. The van der Waals surface area contributed by atoms with E-state index in [1.165, 1.54) is 16.7 Å². The van der Waals surface area contributed by atoms with Crippen LogP contribution in [0.2, 0.25) is 0 Å². The molecule has 0 N–H and O–H groups in total. The van der Waals surface area contributed by atoms with E-state index in [1.807, 2.05) is 25.1 Å². The summed E-state index contributed by atoms with van der Waals surface area (Å²) in [5.41, 5.74) is 8.79. The Hall–Kier alpha value is -1.91. The van der Waals surface area contributed by atoms with Gasteiger partial charge in [0, 0.05) is 13.2 Å². The Balaban J connectivity index is 0.00000101. The number of aryl methyl sites for hydroxylation is 3. The minimum absolute atomic E-state index is 0.194.